The lowest BCUT2D eigenvalue weighted by Gasteiger charge is -1.98. The van der Waals surface area contributed by atoms with Gasteiger partial charge in [-0.25, -0.2) is 4.79 Å². The summed E-state index contributed by atoms with van der Waals surface area (Å²) in [5.74, 6) is 0.700. The molecule has 1 saturated heterocycles. The zero-order chi connectivity index (χ0) is 10.8. The molecular weight excluding hydrogens is 190 g/mol. The van der Waals surface area contributed by atoms with Crippen molar-refractivity contribution in [2.24, 2.45) is 0 Å². The minimum absolute atomic E-state index is 0.284. The predicted octanol–water partition coefficient (Wildman–Crippen LogP) is 2.42. The van der Waals surface area contributed by atoms with Crippen LogP contribution >= 0.6 is 0 Å². The smallest absolute Gasteiger partial charge is 0.413 e. The van der Waals surface area contributed by atoms with Crippen molar-refractivity contribution in [2.45, 2.75) is 6.92 Å². The highest BCUT2D eigenvalue weighted by Gasteiger charge is 2.22. The van der Waals surface area contributed by atoms with Gasteiger partial charge in [0.1, 0.15) is 5.76 Å². The zero-order valence-electron chi connectivity index (χ0n) is 8.86. The van der Waals surface area contributed by atoms with E-state index in [9.17, 15) is 4.79 Å². The molecule has 0 N–H and O–H groups in total. The van der Waals surface area contributed by atoms with E-state index in [1.54, 1.807) is 11.9 Å². The number of amides is 1. The summed E-state index contributed by atoms with van der Waals surface area (Å²) < 4.78 is 5.06. The monoisotopic (exact) mass is 203 g/mol. The third kappa shape index (κ3) is 2.18. The number of carbonyl (C=O) groups excluding carboxylic acids is 1. The van der Waals surface area contributed by atoms with Crippen molar-refractivity contribution < 1.29 is 9.53 Å². The molecule has 0 radical (unpaired) electrons. The Bertz CT molecular complexity index is 406. The van der Waals surface area contributed by atoms with Crippen molar-refractivity contribution in [3.63, 3.8) is 0 Å². The van der Waals surface area contributed by atoms with Crippen LogP contribution in [0.15, 0.2) is 30.0 Å². The topological polar surface area (TPSA) is 29.5 Å². The summed E-state index contributed by atoms with van der Waals surface area (Å²) >= 11 is 0. The van der Waals surface area contributed by atoms with Crippen molar-refractivity contribution in [3.05, 3.63) is 41.2 Å². The number of hydrogen-bond acceptors (Lipinski definition) is 2. The first-order chi connectivity index (χ1) is 7.15. The van der Waals surface area contributed by atoms with Gasteiger partial charge in [0.15, 0.2) is 0 Å². The summed E-state index contributed by atoms with van der Waals surface area (Å²) in [5.41, 5.74) is 2.27. The molecule has 3 heteroatoms. The molecule has 1 heterocycles. The van der Waals surface area contributed by atoms with Crippen molar-refractivity contribution in [1.29, 1.82) is 0 Å². The van der Waals surface area contributed by atoms with E-state index >= 15 is 0 Å². The second kappa shape index (κ2) is 3.77. The second-order valence-electron chi connectivity index (χ2n) is 3.75. The number of nitrogens with zero attached hydrogens (tertiary/aromatic N) is 1. The number of ether oxygens (including phenoxy) is 1. The largest absolute Gasteiger partial charge is 0.415 e. The average Bonchev–Trinajstić information content (AvgIpc) is 2.50. The molecule has 1 aliphatic heterocycles. The maximum Gasteiger partial charge on any atom is 0.415 e. The fourth-order valence-electron chi connectivity index (χ4n) is 1.44. The molecule has 1 fully saturated rings. The summed E-state index contributed by atoms with van der Waals surface area (Å²) in [7, 11) is 1.72. The maximum absolute atomic E-state index is 11.1. The van der Waals surface area contributed by atoms with Gasteiger partial charge in [-0.3, -0.25) is 0 Å². The van der Waals surface area contributed by atoms with E-state index in [2.05, 4.69) is 0 Å². The average molecular weight is 203 g/mol. The van der Waals surface area contributed by atoms with E-state index in [1.165, 1.54) is 5.56 Å². The fourth-order valence-corrected chi connectivity index (χ4v) is 1.44. The van der Waals surface area contributed by atoms with Gasteiger partial charge in [-0.1, -0.05) is 29.8 Å². The number of likely N-dealkylation sites (N-methyl/N-ethyl adjacent to an activating group) is 1. The van der Waals surface area contributed by atoms with Crippen molar-refractivity contribution in [2.75, 3.05) is 13.6 Å². The van der Waals surface area contributed by atoms with Crippen LogP contribution in [0.2, 0.25) is 0 Å². The molecule has 1 aliphatic rings. The Morgan fingerprint density at radius 1 is 1.33 bits per heavy atom. The predicted molar refractivity (Wildman–Crippen MR) is 58.3 cm³/mol. The molecule has 2 rings (SSSR count). The molecular formula is C12H13NO2. The van der Waals surface area contributed by atoms with E-state index < -0.39 is 0 Å². The normalized spacial score (nSPS) is 18.4. The summed E-state index contributed by atoms with van der Waals surface area (Å²) in [4.78, 5) is 12.6. The van der Waals surface area contributed by atoms with Crippen molar-refractivity contribution in [3.8, 4) is 0 Å². The maximum atomic E-state index is 11.1. The van der Waals surface area contributed by atoms with Crippen LogP contribution in [0.25, 0.3) is 6.08 Å². The van der Waals surface area contributed by atoms with E-state index in [0.717, 1.165) is 5.56 Å². The molecule has 78 valence electrons. The van der Waals surface area contributed by atoms with E-state index in [4.69, 9.17) is 4.74 Å². The van der Waals surface area contributed by atoms with Gasteiger partial charge in [0.2, 0.25) is 0 Å². The van der Waals surface area contributed by atoms with Crippen molar-refractivity contribution >= 4 is 12.2 Å². The van der Waals surface area contributed by atoms with E-state index in [1.807, 2.05) is 37.3 Å². The lowest BCUT2D eigenvalue weighted by Crippen LogP contribution is -2.17. The third-order valence-electron chi connectivity index (χ3n) is 2.33. The van der Waals surface area contributed by atoms with Gasteiger partial charge in [-0.15, -0.1) is 0 Å². The van der Waals surface area contributed by atoms with Gasteiger partial charge in [0.25, 0.3) is 0 Å². The Hall–Kier alpha value is -1.77. The SMILES string of the molecule is Cc1ccc(C=C2CN(C)C(=O)O2)cc1. The first kappa shape index (κ1) is 9.77. The second-order valence-corrected chi connectivity index (χ2v) is 3.75. The summed E-state index contributed by atoms with van der Waals surface area (Å²) in [6.07, 6.45) is 1.61. The van der Waals surface area contributed by atoms with Gasteiger partial charge in [0.05, 0.1) is 6.54 Å². The molecule has 3 nitrogen and oxygen atoms in total. The highest BCUT2D eigenvalue weighted by molar-refractivity contribution is 5.73. The van der Waals surface area contributed by atoms with Crippen LogP contribution in [-0.4, -0.2) is 24.6 Å². The lowest BCUT2D eigenvalue weighted by atomic mass is 10.1. The number of benzene rings is 1. The Morgan fingerprint density at radius 3 is 2.53 bits per heavy atom. The van der Waals surface area contributed by atoms with Gasteiger partial charge in [-0.05, 0) is 18.6 Å². The van der Waals surface area contributed by atoms with Crippen LogP contribution in [0.3, 0.4) is 0 Å². The molecule has 15 heavy (non-hydrogen) atoms. The Labute approximate surface area is 89.0 Å². The van der Waals surface area contributed by atoms with Crippen LogP contribution < -0.4 is 0 Å². The molecule has 0 aliphatic carbocycles. The first-order valence-corrected chi connectivity index (χ1v) is 4.85. The number of cyclic esters (lactones) is 1. The number of rotatable bonds is 1. The molecule has 0 saturated carbocycles. The molecule has 0 atom stereocenters. The van der Waals surface area contributed by atoms with Crippen molar-refractivity contribution in [1.82, 2.24) is 4.90 Å². The molecule has 0 aromatic heterocycles. The molecule has 1 amide bonds. The summed E-state index contributed by atoms with van der Waals surface area (Å²) in [6.45, 7) is 2.59. The van der Waals surface area contributed by atoms with Gasteiger partial charge in [-0.2, -0.15) is 0 Å². The molecule has 1 aromatic carbocycles. The zero-order valence-corrected chi connectivity index (χ0v) is 8.86. The number of carbonyl (C=O) groups is 1. The lowest BCUT2D eigenvalue weighted by molar-refractivity contribution is 0.175. The Kier molecular flexibility index (Phi) is 2.46. The molecule has 1 aromatic rings. The molecule has 0 spiro atoms. The minimum atomic E-state index is -0.284. The highest BCUT2D eigenvalue weighted by atomic mass is 16.6. The van der Waals surface area contributed by atoms with Crippen LogP contribution in [0.5, 0.6) is 0 Å². The number of hydrogen-bond donors (Lipinski definition) is 0. The van der Waals surface area contributed by atoms with Crippen LogP contribution in [0, 0.1) is 6.92 Å². The van der Waals surface area contributed by atoms with E-state index in [-0.39, 0.29) is 6.09 Å². The van der Waals surface area contributed by atoms with Gasteiger partial charge >= 0.3 is 6.09 Å². The van der Waals surface area contributed by atoms with Crippen LogP contribution in [0.4, 0.5) is 4.79 Å². The summed E-state index contributed by atoms with van der Waals surface area (Å²) in [5, 5.41) is 0. The quantitative estimate of drug-likeness (QED) is 0.701. The van der Waals surface area contributed by atoms with Crippen LogP contribution in [-0.2, 0) is 4.74 Å². The Morgan fingerprint density at radius 2 is 2.00 bits per heavy atom. The third-order valence-corrected chi connectivity index (χ3v) is 2.33. The fraction of sp³-hybridized carbons (Fsp3) is 0.250. The standard InChI is InChI=1S/C12H13NO2/c1-9-3-5-10(6-4-9)7-11-8-13(2)12(14)15-11/h3-7H,8H2,1-2H3. The summed E-state index contributed by atoms with van der Waals surface area (Å²) in [6, 6.07) is 8.09. The number of aryl methyl sites for hydroxylation is 1. The minimum Gasteiger partial charge on any atom is -0.413 e. The Balaban J connectivity index is 2.17. The first-order valence-electron chi connectivity index (χ1n) is 4.85. The van der Waals surface area contributed by atoms with Gasteiger partial charge in [0, 0.05) is 7.05 Å². The molecule has 0 bridgehead atoms. The van der Waals surface area contributed by atoms with E-state index in [0.29, 0.717) is 12.3 Å². The highest BCUT2D eigenvalue weighted by Crippen LogP contribution is 2.16. The molecule has 0 unspecified atom stereocenters. The van der Waals surface area contributed by atoms with Gasteiger partial charge < -0.3 is 9.64 Å². The van der Waals surface area contributed by atoms with Crippen LogP contribution in [0.1, 0.15) is 11.1 Å².